The zero-order valence-electron chi connectivity index (χ0n) is 13.3. The number of sulfone groups is 1. The largest absolute Gasteiger partial charge is 0.382 e. The first kappa shape index (κ1) is 20.8. The zero-order chi connectivity index (χ0) is 15.8. The van der Waals surface area contributed by atoms with E-state index in [1.54, 1.807) is 14.2 Å². The van der Waals surface area contributed by atoms with Gasteiger partial charge in [-0.1, -0.05) is 0 Å². The molecule has 0 bridgehead atoms. The Balaban J connectivity index is 3.39. The van der Waals surface area contributed by atoms with E-state index in [0.717, 1.165) is 12.8 Å². The van der Waals surface area contributed by atoms with Gasteiger partial charge >= 0.3 is 0 Å². The van der Waals surface area contributed by atoms with Crippen molar-refractivity contribution in [2.45, 2.75) is 25.7 Å². The van der Waals surface area contributed by atoms with E-state index in [2.05, 4.69) is 0 Å². The van der Waals surface area contributed by atoms with Crippen molar-refractivity contribution in [1.29, 1.82) is 0 Å². The lowest BCUT2D eigenvalue weighted by Crippen LogP contribution is -2.13. The van der Waals surface area contributed by atoms with Gasteiger partial charge in [-0.25, -0.2) is 8.42 Å². The van der Waals surface area contributed by atoms with Crippen molar-refractivity contribution in [3.63, 3.8) is 0 Å². The molecular formula is C14H30O6S. The van der Waals surface area contributed by atoms with Crippen molar-refractivity contribution in [3.05, 3.63) is 0 Å². The second-order valence-corrected chi connectivity index (χ2v) is 7.08. The number of hydrogen-bond acceptors (Lipinski definition) is 6. The van der Waals surface area contributed by atoms with Gasteiger partial charge in [0.2, 0.25) is 0 Å². The molecule has 0 aromatic rings. The van der Waals surface area contributed by atoms with Crippen LogP contribution < -0.4 is 0 Å². The lowest BCUT2D eigenvalue weighted by atomic mass is 10.3. The average Bonchev–Trinajstić information content (AvgIpc) is 2.45. The van der Waals surface area contributed by atoms with E-state index < -0.39 is 9.84 Å². The Morgan fingerprint density at radius 3 is 1.43 bits per heavy atom. The minimum absolute atomic E-state index is 0.241. The van der Waals surface area contributed by atoms with Gasteiger partial charge in [0.1, 0.15) is 9.84 Å². The topological polar surface area (TPSA) is 71.1 Å². The van der Waals surface area contributed by atoms with Crippen molar-refractivity contribution in [2.75, 3.05) is 65.4 Å². The molecule has 0 aliphatic carbocycles. The summed E-state index contributed by atoms with van der Waals surface area (Å²) in [6, 6.07) is 0. The molecule has 0 saturated carbocycles. The van der Waals surface area contributed by atoms with Crippen LogP contribution >= 0.6 is 0 Å². The molecule has 0 amide bonds. The Kier molecular flexibility index (Phi) is 14.6. The minimum atomic E-state index is -2.94. The van der Waals surface area contributed by atoms with Gasteiger partial charge in [0.05, 0.1) is 37.9 Å². The number of methoxy groups -OCH3 is 2. The molecule has 0 heterocycles. The van der Waals surface area contributed by atoms with Crippen molar-refractivity contribution in [2.24, 2.45) is 0 Å². The fourth-order valence-electron chi connectivity index (χ4n) is 1.64. The Labute approximate surface area is 129 Å². The van der Waals surface area contributed by atoms with Crippen molar-refractivity contribution >= 4 is 9.84 Å². The fraction of sp³-hybridized carbons (Fsp3) is 1.00. The lowest BCUT2D eigenvalue weighted by Gasteiger charge is -2.06. The van der Waals surface area contributed by atoms with Crippen LogP contribution in [0.1, 0.15) is 25.7 Å². The van der Waals surface area contributed by atoms with Gasteiger partial charge in [-0.2, -0.15) is 0 Å². The van der Waals surface area contributed by atoms with Gasteiger partial charge in [-0.05, 0) is 25.7 Å². The Morgan fingerprint density at radius 1 is 0.619 bits per heavy atom. The molecule has 128 valence electrons. The van der Waals surface area contributed by atoms with E-state index in [1.807, 2.05) is 0 Å². The van der Waals surface area contributed by atoms with E-state index in [0.29, 0.717) is 52.5 Å². The molecule has 0 aromatic carbocycles. The number of rotatable bonds is 16. The van der Waals surface area contributed by atoms with Crippen LogP contribution in [-0.4, -0.2) is 73.8 Å². The molecule has 0 radical (unpaired) electrons. The summed E-state index contributed by atoms with van der Waals surface area (Å²) in [5.74, 6) is 0.482. The van der Waals surface area contributed by atoms with E-state index >= 15 is 0 Å². The summed E-state index contributed by atoms with van der Waals surface area (Å²) in [7, 11) is 0.310. The van der Waals surface area contributed by atoms with Crippen molar-refractivity contribution in [1.82, 2.24) is 0 Å². The minimum Gasteiger partial charge on any atom is -0.382 e. The molecule has 0 saturated heterocycles. The maximum absolute atomic E-state index is 11.8. The van der Waals surface area contributed by atoms with Gasteiger partial charge in [0.15, 0.2) is 0 Å². The van der Waals surface area contributed by atoms with Crippen LogP contribution in [0.2, 0.25) is 0 Å². The van der Waals surface area contributed by atoms with Gasteiger partial charge in [0.25, 0.3) is 0 Å². The molecule has 21 heavy (non-hydrogen) atoms. The summed E-state index contributed by atoms with van der Waals surface area (Å²) in [6.45, 7) is 3.45. The third-order valence-electron chi connectivity index (χ3n) is 2.85. The summed E-state index contributed by atoms with van der Waals surface area (Å²) in [5.41, 5.74) is 0. The Morgan fingerprint density at radius 2 is 1.05 bits per heavy atom. The predicted octanol–water partition coefficient (Wildman–Crippen LogP) is 1.29. The Bertz CT molecular complexity index is 281. The molecule has 0 unspecified atom stereocenters. The second kappa shape index (κ2) is 14.7. The molecule has 0 aliphatic heterocycles. The first-order valence-electron chi connectivity index (χ1n) is 7.46. The normalized spacial score (nSPS) is 11.9. The van der Waals surface area contributed by atoms with Crippen LogP contribution in [0.4, 0.5) is 0 Å². The Hall–Kier alpha value is -0.210. The number of ether oxygens (including phenoxy) is 4. The first-order chi connectivity index (χ1) is 10.1. The summed E-state index contributed by atoms with van der Waals surface area (Å²) >= 11 is 0. The average molecular weight is 326 g/mol. The molecular weight excluding hydrogens is 296 g/mol. The first-order valence-corrected chi connectivity index (χ1v) is 9.28. The van der Waals surface area contributed by atoms with Crippen LogP contribution in [0.5, 0.6) is 0 Å². The molecule has 0 aliphatic rings. The maximum Gasteiger partial charge on any atom is 0.150 e. The molecule has 0 atom stereocenters. The highest BCUT2D eigenvalue weighted by atomic mass is 32.2. The summed E-state index contributed by atoms with van der Waals surface area (Å²) in [5, 5.41) is 0. The molecule has 7 heteroatoms. The molecule has 0 rings (SSSR count). The van der Waals surface area contributed by atoms with Gasteiger partial charge in [0, 0.05) is 27.4 Å². The monoisotopic (exact) mass is 326 g/mol. The number of unbranched alkanes of at least 4 members (excludes halogenated alkanes) is 2. The van der Waals surface area contributed by atoms with E-state index in [-0.39, 0.29) is 11.5 Å². The molecule has 0 fully saturated rings. The molecule has 0 aromatic heterocycles. The smallest absolute Gasteiger partial charge is 0.150 e. The standard InChI is InChI=1S/C14H30O6S/c1-17-9-11-19-7-3-5-13-21(15,16)14-6-4-8-20-12-10-18-2/h3-14H2,1-2H3. The van der Waals surface area contributed by atoms with Crippen LogP contribution in [0.3, 0.4) is 0 Å². The highest BCUT2D eigenvalue weighted by Crippen LogP contribution is 2.02. The van der Waals surface area contributed by atoms with Crippen LogP contribution in [0.25, 0.3) is 0 Å². The second-order valence-electron chi connectivity index (χ2n) is 4.78. The van der Waals surface area contributed by atoms with Gasteiger partial charge in [-0.3, -0.25) is 0 Å². The van der Waals surface area contributed by atoms with Crippen molar-refractivity contribution < 1.29 is 27.4 Å². The SMILES string of the molecule is COCCOCCCCS(=O)(=O)CCCCOCCOC. The third kappa shape index (κ3) is 16.0. The zero-order valence-corrected chi connectivity index (χ0v) is 14.2. The van der Waals surface area contributed by atoms with Gasteiger partial charge < -0.3 is 18.9 Å². The third-order valence-corrected chi connectivity index (χ3v) is 4.67. The van der Waals surface area contributed by atoms with E-state index in [1.165, 1.54) is 0 Å². The fourth-order valence-corrected chi connectivity index (χ4v) is 3.13. The highest BCUT2D eigenvalue weighted by Gasteiger charge is 2.09. The van der Waals surface area contributed by atoms with E-state index in [9.17, 15) is 8.42 Å². The maximum atomic E-state index is 11.8. The molecule has 0 spiro atoms. The van der Waals surface area contributed by atoms with Gasteiger partial charge in [-0.15, -0.1) is 0 Å². The predicted molar refractivity (Wildman–Crippen MR) is 82.5 cm³/mol. The van der Waals surface area contributed by atoms with Crippen LogP contribution in [0, 0.1) is 0 Å². The van der Waals surface area contributed by atoms with E-state index in [4.69, 9.17) is 18.9 Å². The lowest BCUT2D eigenvalue weighted by molar-refractivity contribution is 0.0691. The quantitative estimate of drug-likeness (QED) is 0.398. The number of hydrogen-bond donors (Lipinski definition) is 0. The molecule has 6 nitrogen and oxygen atoms in total. The van der Waals surface area contributed by atoms with Crippen LogP contribution in [0.15, 0.2) is 0 Å². The summed E-state index contributed by atoms with van der Waals surface area (Å²) in [4.78, 5) is 0. The van der Waals surface area contributed by atoms with Crippen molar-refractivity contribution in [3.8, 4) is 0 Å². The summed E-state index contributed by atoms with van der Waals surface area (Å²) < 4.78 is 43.8. The molecule has 0 N–H and O–H groups in total. The van der Waals surface area contributed by atoms with Crippen LogP contribution in [-0.2, 0) is 28.8 Å². The highest BCUT2D eigenvalue weighted by molar-refractivity contribution is 7.91. The summed E-state index contributed by atoms with van der Waals surface area (Å²) in [6.07, 6.45) is 2.84.